The summed E-state index contributed by atoms with van der Waals surface area (Å²) < 4.78 is 13.3. The van der Waals surface area contributed by atoms with Gasteiger partial charge in [-0.2, -0.15) is 0 Å². The molecule has 2 aromatic rings. The maximum atomic E-state index is 13.3. The molecule has 0 aliphatic heterocycles. The molecule has 2 rings (SSSR count). The highest BCUT2D eigenvalue weighted by atomic mass is 19.1. The first kappa shape index (κ1) is 13.1. The van der Waals surface area contributed by atoms with Gasteiger partial charge >= 0.3 is 0 Å². The molecule has 2 aromatic carbocycles. The van der Waals surface area contributed by atoms with Crippen molar-refractivity contribution in [3.05, 3.63) is 59.9 Å². The van der Waals surface area contributed by atoms with Crippen LogP contribution in [-0.2, 0) is 4.79 Å². The molecule has 0 aromatic heterocycles. The highest BCUT2D eigenvalue weighted by Gasteiger charge is 2.06. The molecule has 0 spiro atoms. The summed E-state index contributed by atoms with van der Waals surface area (Å²) in [6.07, 6.45) is 0. The fraction of sp³-hybridized carbons (Fsp3) is 0.133. The van der Waals surface area contributed by atoms with Crippen LogP contribution in [0.5, 0.6) is 0 Å². The minimum absolute atomic E-state index is 0.0964. The molecule has 0 unspecified atom stereocenters. The Bertz CT molecular complexity index is 584. The second-order valence-corrected chi connectivity index (χ2v) is 4.20. The van der Waals surface area contributed by atoms with Crippen molar-refractivity contribution in [3.8, 4) is 0 Å². The van der Waals surface area contributed by atoms with Crippen LogP contribution in [0.15, 0.2) is 48.5 Å². The first-order chi connectivity index (χ1) is 9.16. The van der Waals surface area contributed by atoms with E-state index in [9.17, 15) is 9.18 Å². The lowest BCUT2D eigenvalue weighted by Crippen LogP contribution is -2.22. The van der Waals surface area contributed by atoms with E-state index in [1.165, 1.54) is 12.1 Å². The van der Waals surface area contributed by atoms with Crippen LogP contribution in [-0.4, -0.2) is 12.5 Å². The van der Waals surface area contributed by atoms with Gasteiger partial charge in [-0.15, -0.1) is 0 Å². The number of rotatable bonds is 4. The maximum absolute atomic E-state index is 13.3. The molecule has 2 N–H and O–H groups in total. The van der Waals surface area contributed by atoms with Gasteiger partial charge in [-0.1, -0.05) is 30.3 Å². The van der Waals surface area contributed by atoms with Gasteiger partial charge in [-0.3, -0.25) is 4.79 Å². The molecule has 0 atom stereocenters. The van der Waals surface area contributed by atoms with E-state index in [0.717, 1.165) is 11.3 Å². The van der Waals surface area contributed by atoms with E-state index in [0.29, 0.717) is 0 Å². The van der Waals surface area contributed by atoms with Crippen LogP contribution in [0.25, 0.3) is 0 Å². The molecular formula is C15H15FN2O. The largest absolute Gasteiger partial charge is 0.376 e. The van der Waals surface area contributed by atoms with Crippen molar-refractivity contribution >= 4 is 17.3 Å². The van der Waals surface area contributed by atoms with Crippen molar-refractivity contribution in [2.75, 3.05) is 17.2 Å². The third kappa shape index (κ3) is 3.55. The Morgan fingerprint density at radius 1 is 1.05 bits per heavy atom. The summed E-state index contributed by atoms with van der Waals surface area (Å²) in [4.78, 5) is 11.7. The van der Waals surface area contributed by atoms with Crippen LogP contribution in [0.2, 0.25) is 0 Å². The average Bonchev–Trinajstić information content (AvgIpc) is 2.40. The van der Waals surface area contributed by atoms with E-state index in [2.05, 4.69) is 10.6 Å². The lowest BCUT2D eigenvalue weighted by molar-refractivity contribution is -0.114. The van der Waals surface area contributed by atoms with Crippen molar-refractivity contribution in [1.29, 1.82) is 0 Å². The molecule has 98 valence electrons. The monoisotopic (exact) mass is 258 g/mol. The van der Waals surface area contributed by atoms with Crippen LogP contribution >= 0.6 is 0 Å². The highest BCUT2D eigenvalue weighted by molar-refractivity contribution is 5.93. The number of nitrogens with one attached hydrogen (secondary N) is 2. The van der Waals surface area contributed by atoms with Crippen molar-refractivity contribution < 1.29 is 9.18 Å². The van der Waals surface area contributed by atoms with Gasteiger partial charge in [0.1, 0.15) is 5.82 Å². The number of aryl methyl sites for hydroxylation is 1. The summed E-state index contributed by atoms with van der Waals surface area (Å²) in [5, 5.41) is 5.54. The predicted molar refractivity (Wildman–Crippen MR) is 74.7 cm³/mol. The second kappa shape index (κ2) is 6.00. The first-order valence-corrected chi connectivity index (χ1v) is 6.00. The van der Waals surface area contributed by atoms with Crippen molar-refractivity contribution in [2.45, 2.75) is 6.92 Å². The summed E-state index contributed by atoms with van der Waals surface area (Å²) in [7, 11) is 0. The molecule has 1 amide bonds. The van der Waals surface area contributed by atoms with Gasteiger partial charge in [0.2, 0.25) is 5.91 Å². The zero-order valence-electron chi connectivity index (χ0n) is 10.6. The first-order valence-electron chi connectivity index (χ1n) is 6.00. The molecule has 0 radical (unpaired) electrons. The summed E-state index contributed by atoms with van der Waals surface area (Å²) in [5.41, 5.74) is 2.14. The van der Waals surface area contributed by atoms with Crippen molar-refractivity contribution in [2.24, 2.45) is 0 Å². The molecule has 0 saturated carbocycles. The van der Waals surface area contributed by atoms with Crippen LogP contribution in [0.4, 0.5) is 15.8 Å². The molecule has 4 heteroatoms. The molecular weight excluding hydrogens is 243 g/mol. The molecule has 0 aliphatic carbocycles. The maximum Gasteiger partial charge on any atom is 0.243 e. The number of para-hydroxylation sites is 2. The summed E-state index contributed by atoms with van der Waals surface area (Å²) >= 11 is 0. The van der Waals surface area contributed by atoms with E-state index in [1.807, 2.05) is 31.2 Å². The Morgan fingerprint density at radius 2 is 1.68 bits per heavy atom. The number of benzene rings is 2. The van der Waals surface area contributed by atoms with E-state index in [4.69, 9.17) is 0 Å². The highest BCUT2D eigenvalue weighted by Crippen LogP contribution is 2.14. The summed E-state index contributed by atoms with van der Waals surface area (Å²) in [6, 6.07) is 13.8. The van der Waals surface area contributed by atoms with Crippen LogP contribution in [0, 0.1) is 12.7 Å². The zero-order valence-corrected chi connectivity index (χ0v) is 10.6. The Labute approximate surface area is 111 Å². The third-order valence-electron chi connectivity index (χ3n) is 2.73. The number of carbonyl (C=O) groups is 1. The molecule has 0 fully saturated rings. The number of amides is 1. The smallest absolute Gasteiger partial charge is 0.243 e. The fourth-order valence-corrected chi connectivity index (χ4v) is 1.70. The SMILES string of the molecule is Cc1ccccc1NCC(=O)Nc1ccccc1F. The Morgan fingerprint density at radius 3 is 2.37 bits per heavy atom. The standard InChI is InChI=1S/C15H15FN2O/c1-11-6-2-4-8-13(11)17-10-15(19)18-14-9-5-3-7-12(14)16/h2-9,17H,10H2,1H3,(H,18,19). The van der Waals surface area contributed by atoms with E-state index >= 15 is 0 Å². The number of hydrogen-bond acceptors (Lipinski definition) is 2. The molecule has 0 heterocycles. The molecule has 3 nitrogen and oxygen atoms in total. The molecule has 19 heavy (non-hydrogen) atoms. The van der Waals surface area contributed by atoms with Gasteiger partial charge in [0.15, 0.2) is 0 Å². The Balaban J connectivity index is 1.92. The summed E-state index contributed by atoms with van der Waals surface area (Å²) in [5.74, 6) is -0.722. The topological polar surface area (TPSA) is 41.1 Å². The van der Waals surface area contributed by atoms with Crippen LogP contribution in [0.1, 0.15) is 5.56 Å². The van der Waals surface area contributed by atoms with Crippen LogP contribution < -0.4 is 10.6 Å². The van der Waals surface area contributed by atoms with E-state index in [1.54, 1.807) is 12.1 Å². The minimum Gasteiger partial charge on any atom is -0.376 e. The third-order valence-corrected chi connectivity index (χ3v) is 2.73. The van der Waals surface area contributed by atoms with Gasteiger partial charge in [-0.25, -0.2) is 4.39 Å². The van der Waals surface area contributed by atoms with Crippen LogP contribution in [0.3, 0.4) is 0 Å². The zero-order chi connectivity index (χ0) is 13.7. The number of halogens is 1. The lowest BCUT2D eigenvalue weighted by Gasteiger charge is -2.10. The summed E-state index contributed by atoms with van der Waals surface area (Å²) in [6.45, 7) is 2.05. The average molecular weight is 258 g/mol. The second-order valence-electron chi connectivity index (χ2n) is 4.20. The molecule has 0 saturated heterocycles. The predicted octanol–water partition coefficient (Wildman–Crippen LogP) is 3.18. The quantitative estimate of drug-likeness (QED) is 0.884. The van der Waals surface area contributed by atoms with Gasteiger partial charge in [-0.05, 0) is 30.7 Å². The number of anilines is 2. The number of carbonyl (C=O) groups excluding carboxylic acids is 1. The Hall–Kier alpha value is -2.36. The normalized spacial score (nSPS) is 10.0. The van der Waals surface area contributed by atoms with Gasteiger partial charge < -0.3 is 10.6 Å². The Kier molecular flexibility index (Phi) is 4.13. The fourth-order valence-electron chi connectivity index (χ4n) is 1.70. The van der Waals surface area contributed by atoms with Gasteiger partial charge in [0.25, 0.3) is 0 Å². The van der Waals surface area contributed by atoms with Gasteiger partial charge in [0, 0.05) is 5.69 Å². The minimum atomic E-state index is -0.438. The van der Waals surface area contributed by atoms with E-state index in [-0.39, 0.29) is 18.1 Å². The molecule has 0 aliphatic rings. The number of hydrogen-bond donors (Lipinski definition) is 2. The van der Waals surface area contributed by atoms with E-state index < -0.39 is 5.82 Å². The lowest BCUT2D eigenvalue weighted by atomic mass is 10.2. The van der Waals surface area contributed by atoms with Gasteiger partial charge in [0.05, 0.1) is 12.2 Å². The molecule has 0 bridgehead atoms. The van der Waals surface area contributed by atoms with Crippen molar-refractivity contribution in [1.82, 2.24) is 0 Å². The van der Waals surface area contributed by atoms with Crippen molar-refractivity contribution in [3.63, 3.8) is 0 Å².